The number of para-hydroxylation sites is 1. The van der Waals surface area contributed by atoms with Gasteiger partial charge in [-0.2, -0.15) is 12.6 Å². The van der Waals surface area contributed by atoms with Crippen LogP contribution >= 0.6 is 28.6 Å². The summed E-state index contributed by atoms with van der Waals surface area (Å²) in [5.41, 5.74) is 0.662. The van der Waals surface area contributed by atoms with Crippen LogP contribution in [0.2, 0.25) is 0 Å². The van der Waals surface area contributed by atoms with Gasteiger partial charge in [0.25, 0.3) is 0 Å². The normalized spacial score (nSPS) is 11.7. The fourth-order valence-corrected chi connectivity index (χ4v) is 1.86. The van der Waals surface area contributed by atoms with Gasteiger partial charge in [0.05, 0.1) is 5.69 Å². The highest BCUT2D eigenvalue weighted by molar-refractivity contribution is 9.10. The first-order chi connectivity index (χ1) is 8.04. The zero-order valence-corrected chi connectivity index (χ0v) is 11.7. The van der Waals surface area contributed by atoms with Crippen LogP contribution in [0.4, 0.5) is 5.69 Å². The molecule has 0 spiro atoms. The number of hydrogen-bond donors (Lipinski definition) is 3. The van der Waals surface area contributed by atoms with E-state index in [0.29, 0.717) is 5.69 Å². The second-order valence-electron chi connectivity index (χ2n) is 3.40. The summed E-state index contributed by atoms with van der Waals surface area (Å²) in [6.07, 6.45) is 0. The van der Waals surface area contributed by atoms with Crippen molar-refractivity contribution in [3.8, 4) is 0 Å². The van der Waals surface area contributed by atoms with Crippen molar-refractivity contribution in [1.29, 1.82) is 0 Å². The van der Waals surface area contributed by atoms with Crippen LogP contribution in [0, 0.1) is 0 Å². The molecule has 2 amide bonds. The molecule has 0 aliphatic heterocycles. The standard InChI is InChI=1S/C11H13BrN2O2S/c1-7(15)13-10(6-17)11(16)14-9-5-3-2-4-8(9)12/h2-5,10,17H,6H2,1H3,(H,13,15)(H,14,16). The van der Waals surface area contributed by atoms with Gasteiger partial charge in [0.1, 0.15) is 6.04 Å². The molecule has 0 fully saturated rings. The molecular weight excluding hydrogens is 304 g/mol. The fourth-order valence-electron chi connectivity index (χ4n) is 1.22. The van der Waals surface area contributed by atoms with Crippen molar-refractivity contribution in [1.82, 2.24) is 5.32 Å². The molecule has 0 saturated carbocycles. The molecule has 17 heavy (non-hydrogen) atoms. The molecule has 0 heterocycles. The van der Waals surface area contributed by atoms with Crippen molar-refractivity contribution in [3.05, 3.63) is 28.7 Å². The maximum atomic E-state index is 11.8. The first kappa shape index (κ1) is 14.1. The molecule has 1 aromatic carbocycles. The Labute approximate surface area is 114 Å². The summed E-state index contributed by atoms with van der Waals surface area (Å²) in [6, 6.07) is 6.62. The smallest absolute Gasteiger partial charge is 0.247 e. The van der Waals surface area contributed by atoms with Crippen molar-refractivity contribution in [2.75, 3.05) is 11.1 Å². The van der Waals surface area contributed by atoms with Gasteiger partial charge >= 0.3 is 0 Å². The summed E-state index contributed by atoms with van der Waals surface area (Å²) in [7, 11) is 0. The number of halogens is 1. The van der Waals surface area contributed by atoms with Gasteiger partial charge in [0.2, 0.25) is 11.8 Å². The summed E-state index contributed by atoms with van der Waals surface area (Å²) < 4.78 is 0.786. The van der Waals surface area contributed by atoms with E-state index in [0.717, 1.165) is 4.47 Å². The van der Waals surface area contributed by atoms with Gasteiger partial charge in [0.15, 0.2) is 0 Å². The van der Waals surface area contributed by atoms with E-state index in [4.69, 9.17) is 0 Å². The second-order valence-corrected chi connectivity index (χ2v) is 4.62. The zero-order chi connectivity index (χ0) is 12.8. The molecule has 0 saturated heterocycles. The Kier molecular flexibility index (Phi) is 5.50. The van der Waals surface area contributed by atoms with Crippen LogP contribution in [0.1, 0.15) is 6.92 Å². The number of benzene rings is 1. The molecular formula is C11H13BrN2O2S. The van der Waals surface area contributed by atoms with Crippen LogP contribution in [-0.4, -0.2) is 23.6 Å². The van der Waals surface area contributed by atoms with E-state index in [2.05, 4.69) is 39.2 Å². The third-order valence-corrected chi connectivity index (χ3v) is 3.06. The predicted octanol–water partition coefficient (Wildman–Crippen LogP) is 1.82. The molecule has 2 N–H and O–H groups in total. The topological polar surface area (TPSA) is 58.2 Å². The molecule has 92 valence electrons. The van der Waals surface area contributed by atoms with Crippen molar-refractivity contribution in [2.45, 2.75) is 13.0 Å². The lowest BCUT2D eigenvalue weighted by molar-refractivity contribution is -0.124. The summed E-state index contributed by atoms with van der Waals surface area (Å²) in [5.74, 6) is -0.302. The Balaban J connectivity index is 2.71. The number of carbonyl (C=O) groups excluding carboxylic acids is 2. The first-order valence-corrected chi connectivity index (χ1v) is 6.40. The first-order valence-electron chi connectivity index (χ1n) is 4.98. The zero-order valence-electron chi connectivity index (χ0n) is 9.24. The third kappa shape index (κ3) is 4.40. The summed E-state index contributed by atoms with van der Waals surface area (Å²) >= 11 is 7.36. The number of amides is 2. The SMILES string of the molecule is CC(=O)NC(CS)C(=O)Nc1ccccc1Br. The van der Waals surface area contributed by atoms with E-state index in [1.165, 1.54) is 6.92 Å². The highest BCUT2D eigenvalue weighted by Gasteiger charge is 2.18. The maximum Gasteiger partial charge on any atom is 0.247 e. The minimum atomic E-state index is -0.636. The van der Waals surface area contributed by atoms with Gasteiger partial charge in [-0.1, -0.05) is 12.1 Å². The summed E-state index contributed by atoms with van der Waals surface area (Å²) in [4.78, 5) is 22.7. The quantitative estimate of drug-likeness (QED) is 0.742. The number of thiol groups is 1. The van der Waals surface area contributed by atoms with E-state index in [9.17, 15) is 9.59 Å². The van der Waals surface area contributed by atoms with Crippen LogP contribution in [0.3, 0.4) is 0 Å². The Morgan fingerprint density at radius 2 is 2.06 bits per heavy atom. The van der Waals surface area contributed by atoms with E-state index >= 15 is 0 Å². The molecule has 6 heteroatoms. The maximum absolute atomic E-state index is 11.8. The van der Waals surface area contributed by atoms with E-state index in [1.807, 2.05) is 18.2 Å². The average molecular weight is 317 g/mol. The lowest BCUT2D eigenvalue weighted by Gasteiger charge is -2.15. The number of carbonyl (C=O) groups is 2. The molecule has 0 radical (unpaired) electrons. The molecule has 1 unspecified atom stereocenters. The number of nitrogens with one attached hydrogen (secondary N) is 2. The molecule has 0 aromatic heterocycles. The van der Waals surface area contributed by atoms with Gasteiger partial charge < -0.3 is 10.6 Å². The minimum Gasteiger partial charge on any atom is -0.344 e. The van der Waals surface area contributed by atoms with Crippen molar-refractivity contribution in [2.24, 2.45) is 0 Å². The third-order valence-electron chi connectivity index (χ3n) is 2.01. The molecule has 0 bridgehead atoms. The highest BCUT2D eigenvalue weighted by atomic mass is 79.9. The molecule has 0 aliphatic carbocycles. The Morgan fingerprint density at radius 1 is 1.41 bits per heavy atom. The van der Waals surface area contributed by atoms with E-state index in [-0.39, 0.29) is 17.6 Å². The van der Waals surface area contributed by atoms with Gasteiger partial charge in [-0.3, -0.25) is 9.59 Å². The van der Waals surface area contributed by atoms with Gasteiger partial charge in [-0.25, -0.2) is 0 Å². The largest absolute Gasteiger partial charge is 0.344 e. The van der Waals surface area contributed by atoms with Crippen LogP contribution in [0.5, 0.6) is 0 Å². The molecule has 0 aliphatic rings. The van der Waals surface area contributed by atoms with Gasteiger partial charge in [0, 0.05) is 17.1 Å². The Hall–Kier alpha value is -1.01. The van der Waals surface area contributed by atoms with Crippen molar-refractivity contribution < 1.29 is 9.59 Å². The van der Waals surface area contributed by atoms with E-state index < -0.39 is 6.04 Å². The van der Waals surface area contributed by atoms with Crippen LogP contribution in [-0.2, 0) is 9.59 Å². The van der Waals surface area contributed by atoms with E-state index in [1.54, 1.807) is 6.07 Å². The van der Waals surface area contributed by atoms with Crippen LogP contribution in [0.25, 0.3) is 0 Å². The number of hydrogen-bond acceptors (Lipinski definition) is 3. The Morgan fingerprint density at radius 3 is 2.59 bits per heavy atom. The second kappa shape index (κ2) is 6.66. The van der Waals surface area contributed by atoms with Gasteiger partial charge in [-0.05, 0) is 28.1 Å². The number of rotatable bonds is 4. The lowest BCUT2D eigenvalue weighted by Crippen LogP contribution is -2.44. The lowest BCUT2D eigenvalue weighted by atomic mass is 10.2. The fraction of sp³-hybridized carbons (Fsp3) is 0.273. The van der Waals surface area contributed by atoms with Crippen LogP contribution in [0.15, 0.2) is 28.7 Å². The van der Waals surface area contributed by atoms with Gasteiger partial charge in [-0.15, -0.1) is 0 Å². The average Bonchev–Trinajstić information content (AvgIpc) is 2.28. The summed E-state index contributed by atoms with van der Waals surface area (Å²) in [5, 5.41) is 5.24. The van der Waals surface area contributed by atoms with Crippen LogP contribution < -0.4 is 10.6 Å². The molecule has 1 rings (SSSR count). The Bertz CT molecular complexity index is 426. The van der Waals surface area contributed by atoms with Crippen molar-refractivity contribution >= 4 is 46.1 Å². The minimum absolute atomic E-state index is 0.246. The molecule has 4 nitrogen and oxygen atoms in total. The number of anilines is 1. The molecule has 1 atom stereocenters. The highest BCUT2D eigenvalue weighted by Crippen LogP contribution is 2.21. The molecule has 1 aromatic rings. The van der Waals surface area contributed by atoms with Crippen molar-refractivity contribution in [3.63, 3.8) is 0 Å². The monoisotopic (exact) mass is 316 g/mol. The predicted molar refractivity (Wildman–Crippen MR) is 74.2 cm³/mol. The summed E-state index contributed by atoms with van der Waals surface area (Å²) in [6.45, 7) is 1.36.